The highest BCUT2D eigenvalue weighted by molar-refractivity contribution is 5.94. The van der Waals surface area contributed by atoms with Crippen molar-refractivity contribution >= 4 is 11.6 Å². The van der Waals surface area contributed by atoms with E-state index in [1.165, 1.54) is 0 Å². The third-order valence-corrected chi connectivity index (χ3v) is 2.87. The highest BCUT2D eigenvalue weighted by atomic mass is 16.1. The molecule has 0 bridgehead atoms. The number of aromatic nitrogens is 2. The van der Waals surface area contributed by atoms with Crippen LogP contribution in [0.25, 0.3) is 16.8 Å². The molecular weight excluding hydrogens is 226 g/mol. The van der Waals surface area contributed by atoms with Crippen molar-refractivity contribution < 1.29 is 4.79 Å². The number of amides is 1. The summed E-state index contributed by atoms with van der Waals surface area (Å²) in [7, 11) is 0. The topological polar surface area (TPSA) is 60.4 Å². The van der Waals surface area contributed by atoms with E-state index >= 15 is 0 Å². The number of pyridine rings is 1. The average molecular weight is 237 g/mol. The van der Waals surface area contributed by atoms with Crippen LogP contribution in [-0.4, -0.2) is 15.3 Å². The van der Waals surface area contributed by atoms with Crippen LogP contribution in [0, 0.1) is 0 Å². The van der Waals surface area contributed by atoms with Crippen LogP contribution in [0.3, 0.4) is 0 Å². The molecule has 1 amide bonds. The predicted molar refractivity (Wildman–Crippen MR) is 69.1 cm³/mol. The maximum atomic E-state index is 11.2. The van der Waals surface area contributed by atoms with Crippen LogP contribution in [0.5, 0.6) is 0 Å². The van der Waals surface area contributed by atoms with Crippen molar-refractivity contribution in [2.45, 2.75) is 0 Å². The second-order valence-corrected chi connectivity index (χ2v) is 4.06. The Kier molecular flexibility index (Phi) is 2.34. The fourth-order valence-corrected chi connectivity index (χ4v) is 1.94. The Balaban J connectivity index is 2.13. The molecule has 0 spiro atoms. The summed E-state index contributed by atoms with van der Waals surface area (Å²) < 4.78 is 1.94. The van der Waals surface area contributed by atoms with Gasteiger partial charge in [0, 0.05) is 24.2 Å². The van der Waals surface area contributed by atoms with Crippen LogP contribution in [0.4, 0.5) is 0 Å². The fraction of sp³-hybridized carbons (Fsp3) is 0. The first-order valence-electron chi connectivity index (χ1n) is 5.57. The number of nitrogens with zero attached hydrogens (tertiary/aromatic N) is 2. The van der Waals surface area contributed by atoms with Crippen LogP contribution in [-0.2, 0) is 0 Å². The second kappa shape index (κ2) is 4.00. The maximum absolute atomic E-state index is 11.2. The normalized spacial score (nSPS) is 10.7. The molecule has 0 saturated carbocycles. The van der Waals surface area contributed by atoms with Crippen molar-refractivity contribution in [1.29, 1.82) is 0 Å². The van der Waals surface area contributed by atoms with Crippen molar-refractivity contribution in [2.24, 2.45) is 5.73 Å². The molecule has 0 saturated heterocycles. The minimum atomic E-state index is -0.416. The summed E-state index contributed by atoms with van der Waals surface area (Å²) in [5.41, 5.74) is 8.66. The van der Waals surface area contributed by atoms with Gasteiger partial charge in [0.25, 0.3) is 0 Å². The zero-order chi connectivity index (χ0) is 12.5. The molecule has 4 nitrogen and oxygen atoms in total. The number of rotatable bonds is 2. The molecule has 0 radical (unpaired) electrons. The summed E-state index contributed by atoms with van der Waals surface area (Å²) >= 11 is 0. The lowest BCUT2D eigenvalue weighted by molar-refractivity contribution is 0.100. The quantitative estimate of drug-likeness (QED) is 0.742. The van der Waals surface area contributed by atoms with Crippen LogP contribution < -0.4 is 5.73 Å². The van der Waals surface area contributed by atoms with Crippen molar-refractivity contribution in [1.82, 2.24) is 9.38 Å². The van der Waals surface area contributed by atoms with Gasteiger partial charge in [-0.15, -0.1) is 0 Å². The van der Waals surface area contributed by atoms with Gasteiger partial charge in [0.2, 0.25) is 5.91 Å². The minimum absolute atomic E-state index is 0.416. The number of benzene rings is 1. The summed E-state index contributed by atoms with van der Waals surface area (Å²) in [5, 5.41) is 0. The molecule has 0 atom stereocenters. The number of nitrogens with two attached hydrogens (primary N) is 1. The number of imidazole rings is 1. The lowest BCUT2D eigenvalue weighted by atomic mass is 10.0. The van der Waals surface area contributed by atoms with Crippen molar-refractivity contribution in [3.05, 3.63) is 60.6 Å². The van der Waals surface area contributed by atoms with E-state index in [9.17, 15) is 4.79 Å². The highest BCUT2D eigenvalue weighted by Crippen LogP contribution is 2.20. The molecule has 18 heavy (non-hydrogen) atoms. The lowest BCUT2D eigenvalue weighted by Crippen LogP contribution is -2.10. The molecule has 88 valence electrons. The zero-order valence-corrected chi connectivity index (χ0v) is 9.58. The molecular formula is C14H11N3O. The molecule has 0 unspecified atom stereocenters. The van der Waals surface area contributed by atoms with Gasteiger partial charge in [-0.2, -0.15) is 0 Å². The van der Waals surface area contributed by atoms with Gasteiger partial charge in [-0.25, -0.2) is 4.98 Å². The SMILES string of the molecule is NC(=O)c1cccc(-c2ccc3nccn3c2)c1. The molecule has 2 aromatic heterocycles. The van der Waals surface area contributed by atoms with Crippen LogP contribution in [0.2, 0.25) is 0 Å². The van der Waals surface area contributed by atoms with Gasteiger partial charge in [-0.1, -0.05) is 12.1 Å². The van der Waals surface area contributed by atoms with E-state index in [1.54, 1.807) is 18.3 Å². The van der Waals surface area contributed by atoms with Gasteiger partial charge in [0.15, 0.2) is 0 Å². The number of hydrogen-bond donors (Lipinski definition) is 1. The van der Waals surface area contributed by atoms with Gasteiger partial charge >= 0.3 is 0 Å². The molecule has 2 heterocycles. The average Bonchev–Trinajstić information content (AvgIpc) is 2.86. The monoisotopic (exact) mass is 237 g/mol. The Morgan fingerprint density at radius 1 is 1.17 bits per heavy atom. The fourth-order valence-electron chi connectivity index (χ4n) is 1.94. The van der Waals surface area contributed by atoms with E-state index < -0.39 is 5.91 Å². The number of carbonyl (C=O) groups excluding carboxylic acids is 1. The molecule has 0 aliphatic rings. The summed E-state index contributed by atoms with van der Waals surface area (Å²) in [5.74, 6) is -0.416. The van der Waals surface area contributed by atoms with Crippen molar-refractivity contribution in [2.75, 3.05) is 0 Å². The molecule has 2 N–H and O–H groups in total. The molecule has 0 fully saturated rings. The molecule has 3 rings (SSSR count). The molecule has 1 aromatic carbocycles. The van der Waals surface area contributed by atoms with E-state index in [1.807, 2.05) is 41.1 Å². The zero-order valence-electron chi connectivity index (χ0n) is 9.58. The van der Waals surface area contributed by atoms with Gasteiger partial charge in [0.05, 0.1) is 0 Å². The lowest BCUT2D eigenvalue weighted by Gasteiger charge is -2.04. The number of carbonyl (C=O) groups is 1. The highest BCUT2D eigenvalue weighted by Gasteiger charge is 2.04. The standard InChI is InChI=1S/C14H11N3O/c15-14(18)11-3-1-2-10(8-11)12-4-5-13-16-6-7-17(13)9-12/h1-9H,(H2,15,18). The first-order valence-corrected chi connectivity index (χ1v) is 5.57. The van der Waals surface area contributed by atoms with Gasteiger partial charge in [-0.3, -0.25) is 4.79 Å². The van der Waals surface area contributed by atoms with E-state index in [4.69, 9.17) is 5.73 Å². The first kappa shape index (κ1) is 10.5. The van der Waals surface area contributed by atoms with Gasteiger partial charge in [0.1, 0.15) is 5.65 Å². The summed E-state index contributed by atoms with van der Waals surface area (Å²) in [6.45, 7) is 0. The van der Waals surface area contributed by atoms with E-state index in [0.29, 0.717) is 5.56 Å². The van der Waals surface area contributed by atoms with Gasteiger partial charge in [-0.05, 0) is 35.4 Å². The Morgan fingerprint density at radius 2 is 2.06 bits per heavy atom. The van der Waals surface area contributed by atoms with Crippen LogP contribution in [0.1, 0.15) is 10.4 Å². The minimum Gasteiger partial charge on any atom is -0.366 e. The largest absolute Gasteiger partial charge is 0.366 e. The number of fused-ring (bicyclic) bond motifs is 1. The van der Waals surface area contributed by atoms with E-state index in [-0.39, 0.29) is 0 Å². The number of hydrogen-bond acceptors (Lipinski definition) is 2. The Bertz CT molecular complexity index is 730. The third-order valence-electron chi connectivity index (χ3n) is 2.87. The smallest absolute Gasteiger partial charge is 0.248 e. The van der Waals surface area contributed by atoms with Gasteiger partial charge < -0.3 is 10.1 Å². The second-order valence-electron chi connectivity index (χ2n) is 4.06. The summed E-state index contributed by atoms with van der Waals surface area (Å²) in [6.07, 6.45) is 5.61. The summed E-state index contributed by atoms with van der Waals surface area (Å²) in [4.78, 5) is 15.4. The summed E-state index contributed by atoms with van der Waals surface area (Å²) in [6, 6.07) is 11.2. The van der Waals surface area contributed by atoms with Crippen molar-refractivity contribution in [3.63, 3.8) is 0 Å². The van der Waals surface area contributed by atoms with E-state index in [2.05, 4.69) is 4.98 Å². The van der Waals surface area contributed by atoms with Crippen LogP contribution >= 0.6 is 0 Å². The Morgan fingerprint density at radius 3 is 2.89 bits per heavy atom. The third kappa shape index (κ3) is 1.73. The maximum Gasteiger partial charge on any atom is 0.248 e. The van der Waals surface area contributed by atoms with Crippen molar-refractivity contribution in [3.8, 4) is 11.1 Å². The predicted octanol–water partition coefficient (Wildman–Crippen LogP) is 2.10. The Hall–Kier alpha value is -2.62. The molecule has 0 aliphatic heterocycles. The first-order chi connectivity index (χ1) is 8.74. The molecule has 0 aliphatic carbocycles. The number of primary amides is 1. The molecule has 4 heteroatoms. The van der Waals surface area contributed by atoms with E-state index in [0.717, 1.165) is 16.8 Å². The Labute approximate surface area is 104 Å². The van der Waals surface area contributed by atoms with Crippen LogP contribution in [0.15, 0.2) is 55.0 Å². The molecule has 3 aromatic rings.